The summed E-state index contributed by atoms with van der Waals surface area (Å²) in [4.78, 5) is 0. The van der Waals surface area contributed by atoms with Crippen molar-refractivity contribution in [2.24, 2.45) is 0 Å². The second-order valence-corrected chi connectivity index (χ2v) is 8.77. The van der Waals surface area contributed by atoms with Crippen LogP contribution >= 0.6 is 43.2 Å². The second kappa shape index (κ2) is 6.21. The molecule has 0 radical (unpaired) electrons. The van der Waals surface area contributed by atoms with Gasteiger partial charge in [-0.3, -0.25) is 0 Å². The Kier molecular flexibility index (Phi) is 4.50. The lowest BCUT2D eigenvalue weighted by molar-refractivity contribution is 0.693. The van der Waals surface area contributed by atoms with Crippen LogP contribution in [0.15, 0.2) is 50.0 Å². The first kappa shape index (κ1) is 15.2. The molecular formula is C17H15Br2NS. The van der Waals surface area contributed by atoms with Gasteiger partial charge in [0.1, 0.15) is 0 Å². The van der Waals surface area contributed by atoms with Gasteiger partial charge in [0.25, 0.3) is 0 Å². The Morgan fingerprint density at radius 1 is 1.10 bits per heavy atom. The van der Waals surface area contributed by atoms with Crippen molar-refractivity contribution in [2.45, 2.75) is 13.0 Å². The van der Waals surface area contributed by atoms with E-state index in [1.54, 1.807) is 11.3 Å². The highest BCUT2D eigenvalue weighted by atomic mass is 79.9. The SMILES string of the molecule is CNC(c1cc(Br)sc1Br)c1c(C)ccc2ccccc12. The smallest absolute Gasteiger partial charge is 0.0761 e. The lowest BCUT2D eigenvalue weighted by atomic mass is 9.91. The zero-order valence-electron chi connectivity index (χ0n) is 11.8. The average Bonchev–Trinajstić information content (AvgIpc) is 2.81. The Morgan fingerprint density at radius 2 is 1.86 bits per heavy atom. The predicted molar refractivity (Wildman–Crippen MR) is 99.3 cm³/mol. The minimum absolute atomic E-state index is 0.174. The molecule has 108 valence electrons. The summed E-state index contributed by atoms with van der Waals surface area (Å²) in [5.74, 6) is 0. The van der Waals surface area contributed by atoms with Crippen molar-refractivity contribution >= 4 is 54.0 Å². The molecule has 4 heteroatoms. The summed E-state index contributed by atoms with van der Waals surface area (Å²) in [6.07, 6.45) is 0. The zero-order chi connectivity index (χ0) is 15.0. The summed E-state index contributed by atoms with van der Waals surface area (Å²) in [6.45, 7) is 2.18. The van der Waals surface area contributed by atoms with Gasteiger partial charge >= 0.3 is 0 Å². The third-order valence-electron chi connectivity index (χ3n) is 3.76. The standard InChI is InChI=1S/C17H15Br2NS/c1-10-7-8-11-5-3-4-6-12(11)15(10)16(20-2)13-9-14(18)21-17(13)19/h3-9,16,20H,1-2H3. The van der Waals surface area contributed by atoms with Gasteiger partial charge in [0.15, 0.2) is 0 Å². The number of hydrogen-bond acceptors (Lipinski definition) is 2. The molecule has 1 N–H and O–H groups in total. The predicted octanol–water partition coefficient (Wildman–Crippen LogP) is 6.04. The van der Waals surface area contributed by atoms with Gasteiger partial charge in [-0.25, -0.2) is 0 Å². The first-order valence-corrected chi connectivity index (χ1v) is 9.12. The van der Waals surface area contributed by atoms with E-state index in [0.29, 0.717) is 0 Å². The van der Waals surface area contributed by atoms with E-state index in [1.807, 2.05) is 7.05 Å². The number of nitrogens with one attached hydrogen (secondary N) is 1. The molecule has 0 saturated heterocycles. The molecule has 3 rings (SSSR count). The summed E-state index contributed by atoms with van der Waals surface area (Å²) < 4.78 is 2.31. The van der Waals surface area contributed by atoms with Crippen LogP contribution in [-0.4, -0.2) is 7.05 Å². The number of halogens is 2. The van der Waals surface area contributed by atoms with Crippen molar-refractivity contribution in [3.8, 4) is 0 Å². The Labute approximate surface area is 145 Å². The summed E-state index contributed by atoms with van der Waals surface area (Å²) in [5.41, 5.74) is 3.93. The fourth-order valence-electron chi connectivity index (χ4n) is 2.79. The van der Waals surface area contributed by atoms with Gasteiger partial charge in [0.05, 0.1) is 13.6 Å². The summed E-state index contributed by atoms with van der Waals surface area (Å²) in [7, 11) is 2.02. The van der Waals surface area contributed by atoms with Crippen LogP contribution < -0.4 is 5.32 Å². The van der Waals surface area contributed by atoms with Crippen molar-refractivity contribution in [1.29, 1.82) is 0 Å². The quantitative estimate of drug-likeness (QED) is 0.540. The molecule has 3 aromatic rings. The maximum atomic E-state index is 3.69. The Hall–Kier alpha value is -0.680. The van der Waals surface area contributed by atoms with Gasteiger partial charge in [-0.1, -0.05) is 36.4 Å². The number of hydrogen-bond donors (Lipinski definition) is 1. The van der Waals surface area contributed by atoms with Crippen LogP contribution in [0.5, 0.6) is 0 Å². The lowest BCUT2D eigenvalue weighted by Gasteiger charge is -2.21. The van der Waals surface area contributed by atoms with Crippen LogP contribution in [0.25, 0.3) is 10.8 Å². The highest BCUT2D eigenvalue weighted by Crippen LogP contribution is 2.40. The number of thiophene rings is 1. The van der Waals surface area contributed by atoms with Gasteiger partial charge in [-0.15, -0.1) is 11.3 Å². The third-order valence-corrected chi connectivity index (χ3v) is 6.15. The van der Waals surface area contributed by atoms with Crippen LogP contribution in [0.1, 0.15) is 22.7 Å². The second-order valence-electron chi connectivity index (χ2n) is 5.02. The van der Waals surface area contributed by atoms with E-state index in [4.69, 9.17) is 0 Å². The normalized spacial score (nSPS) is 12.8. The Morgan fingerprint density at radius 3 is 2.52 bits per heavy atom. The highest BCUT2D eigenvalue weighted by molar-refractivity contribution is 9.12. The highest BCUT2D eigenvalue weighted by Gasteiger charge is 2.21. The Balaban J connectivity index is 2.26. The molecule has 1 atom stereocenters. The first-order valence-electron chi connectivity index (χ1n) is 6.72. The van der Waals surface area contributed by atoms with E-state index in [2.05, 4.69) is 86.6 Å². The topological polar surface area (TPSA) is 12.0 Å². The van der Waals surface area contributed by atoms with E-state index in [-0.39, 0.29) is 6.04 Å². The molecule has 0 aliphatic carbocycles. The molecule has 2 aromatic carbocycles. The van der Waals surface area contributed by atoms with E-state index in [9.17, 15) is 0 Å². The largest absolute Gasteiger partial charge is 0.309 e. The van der Waals surface area contributed by atoms with Crippen LogP contribution in [0.4, 0.5) is 0 Å². The molecule has 0 spiro atoms. The first-order chi connectivity index (χ1) is 10.1. The molecule has 1 aromatic heterocycles. The zero-order valence-corrected chi connectivity index (χ0v) is 15.8. The average molecular weight is 425 g/mol. The molecule has 0 amide bonds. The molecule has 0 fully saturated rings. The van der Waals surface area contributed by atoms with Gasteiger partial charge in [0, 0.05) is 0 Å². The van der Waals surface area contributed by atoms with Crippen molar-refractivity contribution in [3.05, 3.63) is 66.7 Å². The molecule has 0 aliphatic heterocycles. The van der Waals surface area contributed by atoms with E-state index >= 15 is 0 Å². The molecule has 0 aliphatic rings. The molecule has 1 nitrogen and oxygen atoms in total. The fourth-order valence-corrected chi connectivity index (χ4v) is 5.70. The molecule has 21 heavy (non-hydrogen) atoms. The van der Waals surface area contributed by atoms with Crippen molar-refractivity contribution in [3.63, 3.8) is 0 Å². The van der Waals surface area contributed by atoms with Gasteiger partial charge in [-0.2, -0.15) is 0 Å². The molecular weight excluding hydrogens is 410 g/mol. The van der Waals surface area contributed by atoms with Crippen LogP contribution in [-0.2, 0) is 0 Å². The third kappa shape index (κ3) is 2.82. The molecule has 1 heterocycles. The summed E-state index contributed by atoms with van der Waals surface area (Å²) in [5, 5.41) is 6.07. The van der Waals surface area contributed by atoms with Gasteiger partial charge in [-0.05, 0) is 79.4 Å². The van der Waals surface area contributed by atoms with E-state index in [1.165, 1.54) is 31.2 Å². The minimum Gasteiger partial charge on any atom is -0.309 e. The number of aryl methyl sites for hydroxylation is 1. The summed E-state index contributed by atoms with van der Waals surface area (Å²) in [6, 6.07) is 15.3. The van der Waals surface area contributed by atoms with Gasteiger partial charge < -0.3 is 5.32 Å². The number of rotatable bonds is 3. The monoisotopic (exact) mass is 423 g/mol. The maximum Gasteiger partial charge on any atom is 0.0761 e. The number of fused-ring (bicyclic) bond motifs is 1. The molecule has 0 saturated carbocycles. The van der Waals surface area contributed by atoms with Crippen LogP contribution in [0.2, 0.25) is 0 Å². The van der Waals surface area contributed by atoms with E-state index < -0.39 is 0 Å². The van der Waals surface area contributed by atoms with Crippen molar-refractivity contribution in [1.82, 2.24) is 5.32 Å². The maximum absolute atomic E-state index is 3.69. The Bertz CT molecular complexity index is 795. The lowest BCUT2D eigenvalue weighted by Crippen LogP contribution is -2.19. The van der Waals surface area contributed by atoms with Gasteiger partial charge in [0.2, 0.25) is 0 Å². The summed E-state index contributed by atoms with van der Waals surface area (Å²) >= 11 is 8.99. The molecule has 0 bridgehead atoms. The van der Waals surface area contributed by atoms with E-state index in [0.717, 1.165) is 3.79 Å². The minimum atomic E-state index is 0.174. The fraction of sp³-hybridized carbons (Fsp3) is 0.176. The van der Waals surface area contributed by atoms with Crippen molar-refractivity contribution < 1.29 is 0 Å². The van der Waals surface area contributed by atoms with Crippen LogP contribution in [0, 0.1) is 6.92 Å². The number of benzene rings is 2. The van der Waals surface area contributed by atoms with Crippen LogP contribution in [0.3, 0.4) is 0 Å². The molecule has 1 unspecified atom stereocenters. The van der Waals surface area contributed by atoms with Crippen molar-refractivity contribution in [2.75, 3.05) is 7.05 Å².